The summed E-state index contributed by atoms with van der Waals surface area (Å²) in [4.78, 5) is 33.7. The van der Waals surface area contributed by atoms with Crippen molar-refractivity contribution in [3.05, 3.63) is 95.1 Å². The van der Waals surface area contributed by atoms with E-state index in [0.717, 1.165) is 30.5 Å². The lowest BCUT2D eigenvalue weighted by Gasteiger charge is -2.45. The van der Waals surface area contributed by atoms with E-state index < -0.39 is 23.7 Å². The van der Waals surface area contributed by atoms with Gasteiger partial charge >= 0.3 is 6.18 Å². The summed E-state index contributed by atoms with van der Waals surface area (Å²) in [5, 5.41) is 0. The summed E-state index contributed by atoms with van der Waals surface area (Å²) in [5.41, 5.74) is 1.91. The third-order valence-electron chi connectivity index (χ3n) is 8.15. The maximum Gasteiger partial charge on any atom is 0.416 e. The second-order valence-electron chi connectivity index (χ2n) is 10.6. The molecule has 0 aromatic heterocycles. The van der Waals surface area contributed by atoms with E-state index in [9.17, 15) is 22.8 Å². The SMILES string of the molecule is COc1cccc(C2C(C(=O)N3CCN(c4cccc(C(F)(F)F)c4)CC3)c3ccccc3C(=O)N2C2CC2)c1. The number of rotatable bonds is 5. The van der Waals surface area contributed by atoms with Gasteiger partial charge < -0.3 is 19.4 Å². The molecule has 6 nitrogen and oxygen atoms in total. The molecule has 2 heterocycles. The fourth-order valence-corrected chi connectivity index (χ4v) is 6.01. The quantitative estimate of drug-likeness (QED) is 0.422. The van der Waals surface area contributed by atoms with E-state index in [-0.39, 0.29) is 17.9 Å². The number of methoxy groups -OCH3 is 1. The highest BCUT2D eigenvalue weighted by Crippen LogP contribution is 2.48. The molecule has 208 valence electrons. The van der Waals surface area contributed by atoms with Crippen LogP contribution in [-0.2, 0) is 11.0 Å². The molecular weight excluding hydrogens is 519 g/mol. The molecule has 6 rings (SSSR count). The predicted molar refractivity (Wildman–Crippen MR) is 144 cm³/mol. The molecule has 0 spiro atoms. The Kier molecular flexibility index (Phi) is 6.68. The van der Waals surface area contributed by atoms with Crippen LogP contribution < -0.4 is 9.64 Å². The Morgan fingerprint density at radius 3 is 2.33 bits per heavy atom. The Balaban J connectivity index is 1.32. The van der Waals surface area contributed by atoms with Crippen molar-refractivity contribution < 1.29 is 27.5 Å². The highest BCUT2D eigenvalue weighted by molar-refractivity contribution is 6.01. The Hall–Kier alpha value is -4.01. The molecule has 40 heavy (non-hydrogen) atoms. The van der Waals surface area contributed by atoms with Gasteiger partial charge in [0.25, 0.3) is 5.91 Å². The number of fused-ring (bicyclic) bond motifs is 1. The van der Waals surface area contributed by atoms with E-state index in [4.69, 9.17) is 4.74 Å². The molecule has 9 heteroatoms. The summed E-state index contributed by atoms with van der Waals surface area (Å²) in [6.45, 7) is 1.57. The van der Waals surface area contributed by atoms with Crippen LogP contribution in [0.25, 0.3) is 0 Å². The average Bonchev–Trinajstić information content (AvgIpc) is 3.82. The van der Waals surface area contributed by atoms with Crippen LogP contribution in [0.3, 0.4) is 0 Å². The van der Waals surface area contributed by atoms with Crippen molar-refractivity contribution in [2.45, 2.75) is 37.0 Å². The maximum absolute atomic E-state index is 14.4. The standard InChI is InChI=1S/C31H30F3N3O3/c1-40-24-9-4-6-20(18-24)28-27(25-10-2-3-11-26(25)29(38)37(28)22-12-13-22)30(39)36-16-14-35(15-17-36)23-8-5-7-21(19-23)31(32,33)34/h2-11,18-19,22,27-28H,12-17H2,1H3. The Morgan fingerprint density at radius 2 is 1.62 bits per heavy atom. The van der Waals surface area contributed by atoms with Crippen molar-refractivity contribution in [2.75, 3.05) is 38.2 Å². The van der Waals surface area contributed by atoms with Crippen LogP contribution in [0.15, 0.2) is 72.8 Å². The summed E-state index contributed by atoms with van der Waals surface area (Å²) in [6.07, 6.45) is -2.63. The molecule has 3 aliphatic rings. The van der Waals surface area contributed by atoms with Crippen molar-refractivity contribution in [3.63, 3.8) is 0 Å². The first-order valence-electron chi connectivity index (χ1n) is 13.5. The minimum atomic E-state index is -4.41. The number of halogens is 3. The van der Waals surface area contributed by atoms with Gasteiger partial charge in [-0.25, -0.2) is 0 Å². The zero-order valence-corrected chi connectivity index (χ0v) is 22.1. The molecule has 2 atom stereocenters. The highest BCUT2D eigenvalue weighted by Gasteiger charge is 2.50. The minimum Gasteiger partial charge on any atom is -0.497 e. The normalized spacial score (nSPS) is 21.3. The first-order chi connectivity index (χ1) is 19.3. The van der Waals surface area contributed by atoms with Gasteiger partial charge in [-0.15, -0.1) is 0 Å². The first kappa shape index (κ1) is 26.2. The topological polar surface area (TPSA) is 53.1 Å². The molecule has 2 unspecified atom stereocenters. The van der Waals surface area contributed by atoms with Crippen molar-refractivity contribution in [1.29, 1.82) is 0 Å². The van der Waals surface area contributed by atoms with Gasteiger partial charge in [0.05, 0.1) is 24.6 Å². The predicted octanol–water partition coefficient (Wildman–Crippen LogP) is 5.51. The van der Waals surface area contributed by atoms with E-state index in [0.29, 0.717) is 48.7 Å². The number of anilines is 1. The molecular formula is C31H30F3N3O3. The van der Waals surface area contributed by atoms with Crippen molar-refractivity contribution >= 4 is 17.5 Å². The van der Waals surface area contributed by atoms with E-state index in [1.807, 2.05) is 52.3 Å². The Morgan fingerprint density at radius 1 is 0.900 bits per heavy atom. The molecule has 3 aromatic carbocycles. The third kappa shape index (κ3) is 4.78. The minimum absolute atomic E-state index is 0.0654. The monoisotopic (exact) mass is 549 g/mol. The van der Waals surface area contributed by atoms with E-state index in [1.54, 1.807) is 24.1 Å². The summed E-state index contributed by atoms with van der Waals surface area (Å²) in [5.74, 6) is -0.103. The smallest absolute Gasteiger partial charge is 0.416 e. The Bertz CT molecular complexity index is 1430. The van der Waals surface area contributed by atoms with Gasteiger partial charge in [0, 0.05) is 43.5 Å². The van der Waals surface area contributed by atoms with Crippen LogP contribution in [-0.4, -0.2) is 60.9 Å². The van der Waals surface area contributed by atoms with Crippen LogP contribution in [0.5, 0.6) is 5.75 Å². The van der Waals surface area contributed by atoms with Gasteiger partial charge in [-0.05, 0) is 60.4 Å². The van der Waals surface area contributed by atoms with Crippen molar-refractivity contribution in [2.24, 2.45) is 0 Å². The Labute approximate surface area is 230 Å². The van der Waals surface area contributed by atoms with E-state index in [2.05, 4.69) is 0 Å². The van der Waals surface area contributed by atoms with Crippen LogP contribution in [0, 0.1) is 0 Å². The van der Waals surface area contributed by atoms with Crippen LogP contribution in [0.4, 0.5) is 18.9 Å². The summed E-state index contributed by atoms with van der Waals surface area (Å²) < 4.78 is 45.3. The van der Waals surface area contributed by atoms with Crippen molar-refractivity contribution in [1.82, 2.24) is 9.80 Å². The number of hydrogen-bond acceptors (Lipinski definition) is 4. The molecule has 2 amide bonds. The van der Waals surface area contributed by atoms with E-state index in [1.165, 1.54) is 6.07 Å². The lowest BCUT2D eigenvalue weighted by atomic mass is 9.78. The van der Waals surface area contributed by atoms with Gasteiger partial charge in [-0.2, -0.15) is 13.2 Å². The first-order valence-corrected chi connectivity index (χ1v) is 13.5. The summed E-state index contributed by atoms with van der Waals surface area (Å²) in [6, 6.07) is 19.8. The number of hydrogen-bond donors (Lipinski definition) is 0. The van der Waals surface area contributed by atoms with Gasteiger partial charge in [0.15, 0.2) is 0 Å². The lowest BCUT2D eigenvalue weighted by molar-refractivity contribution is -0.137. The maximum atomic E-state index is 14.4. The van der Waals surface area contributed by atoms with Crippen LogP contribution >= 0.6 is 0 Å². The average molecular weight is 550 g/mol. The van der Waals surface area contributed by atoms with E-state index >= 15 is 0 Å². The van der Waals surface area contributed by atoms with Gasteiger partial charge in [0.1, 0.15) is 5.75 Å². The molecule has 0 radical (unpaired) electrons. The molecule has 1 saturated carbocycles. The largest absolute Gasteiger partial charge is 0.497 e. The summed E-state index contributed by atoms with van der Waals surface area (Å²) in [7, 11) is 1.59. The zero-order valence-electron chi connectivity index (χ0n) is 22.1. The molecule has 0 bridgehead atoms. The molecule has 3 aromatic rings. The zero-order chi connectivity index (χ0) is 28.0. The van der Waals surface area contributed by atoms with Gasteiger partial charge in [-0.1, -0.05) is 36.4 Å². The number of alkyl halides is 3. The molecule has 1 aliphatic carbocycles. The third-order valence-corrected chi connectivity index (χ3v) is 8.15. The number of ether oxygens (including phenoxy) is 1. The van der Waals surface area contributed by atoms with Crippen LogP contribution in [0.2, 0.25) is 0 Å². The number of carbonyl (C=O) groups excluding carboxylic acids is 2. The molecule has 2 aliphatic heterocycles. The van der Waals surface area contributed by atoms with Gasteiger partial charge in [-0.3, -0.25) is 9.59 Å². The number of amides is 2. The second kappa shape index (κ2) is 10.2. The number of piperazine rings is 1. The highest BCUT2D eigenvalue weighted by atomic mass is 19.4. The van der Waals surface area contributed by atoms with Crippen LogP contribution in [0.1, 0.15) is 51.8 Å². The number of carbonyl (C=O) groups is 2. The van der Waals surface area contributed by atoms with Crippen molar-refractivity contribution in [3.8, 4) is 5.75 Å². The second-order valence-corrected chi connectivity index (χ2v) is 10.6. The van der Waals surface area contributed by atoms with Gasteiger partial charge in [0.2, 0.25) is 5.91 Å². The fourth-order valence-electron chi connectivity index (χ4n) is 6.01. The molecule has 1 saturated heterocycles. The molecule has 0 N–H and O–H groups in total. The number of benzene rings is 3. The lowest BCUT2D eigenvalue weighted by Crippen LogP contribution is -2.53. The number of nitrogens with zero attached hydrogens (tertiary/aromatic N) is 3. The molecule has 2 fully saturated rings. The summed E-state index contributed by atoms with van der Waals surface area (Å²) >= 11 is 0. The fraction of sp³-hybridized carbons (Fsp3) is 0.355.